The van der Waals surface area contributed by atoms with Crippen LogP contribution in [0.2, 0.25) is 0 Å². The number of carbonyl (C=O) groups is 1. The fourth-order valence-electron chi connectivity index (χ4n) is 4.09. The molecule has 1 saturated carbocycles. The molecule has 0 spiro atoms. The van der Waals surface area contributed by atoms with E-state index in [1.165, 1.54) is 11.1 Å². The highest BCUT2D eigenvalue weighted by Crippen LogP contribution is 2.32. The van der Waals surface area contributed by atoms with Crippen LogP contribution < -0.4 is 4.90 Å². The SMILES string of the molecule is COCc1nc(C)nc(N2CCN(C(=O)C3CC3)CC2)c1Cc1cccc(C)c1. The summed E-state index contributed by atoms with van der Waals surface area (Å²) in [5.74, 6) is 2.37. The van der Waals surface area contributed by atoms with Gasteiger partial charge in [-0.05, 0) is 32.3 Å². The number of hydrogen-bond acceptors (Lipinski definition) is 5. The molecule has 6 nitrogen and oxygen atoms in total. The number of amides is 1. The van der Waals surface area contributed by atoms with Gasteiger partial charge in [0.15, 0.2) is 0 Å². The third-order valence-electron chi connectivity index (χ3n) is 5.74. The summed E-state index contributed by atoms with van der Waals surface area (Å²) in [5.41, 5.74) is 4.58. The summed E-state index contributed by atoms with van der Waals surface area (Å²) >= 11 is 0. The molecule has 0 unspecified atom stereocenters. The summed E-state index contributed by atoms with van der Waals surface area (Å²) in [6.07, 6.45) is 2.90. The summed E-state index contributed by atoms with van der Waals surface area (Å²) in [6.45, 7) is 7.67. The van der Waals surface area contributed by atoms with Crippen molar-refractivity contribution in [1.29, 1.82) is 0 Å². The summed E-state index contributed by atoms with van der Waals surface area (Å²) in [7, 11) is 1.70. The van der Waals surface area contributed by atoms with Crippen LogP contribution >= 0.6 is 0 Å². The minimum absolute atomic E-state index is 0.285. The molecule has 0 N–H and O–H groups in total. The van der Waals surface area contributed by atoms with Crippen LogP contribution in [-0.4, -0.2) is 54.1 Å². The van der Waals surface area contributed by atoms with Crippen molar-refractivity contribution in [2.75, 3.05) is 38.2 Å². The van der Waals surface area contributed by atoms with Crippen molar-refractivity contribution in [3.05, 3.63) is 52.5 Å². The molecule has 0 radical (unpaired) electrons. The lowest BCUT2D eigenvalue weighted by Crippen LogP contribution is -2.49. The fraction of sp³-hybridized carbons (Fsp3) is 0.522. The topological polar surface area (TPSA) is 58.6 Å². The number of methoxy groups -OCH3 is 1. The van der Waals surface area contributed by atoms with E-state index in [-0.39, 0.29) is 5.92 Å². The maximum Gasteiger partial charge on any atom is 0.225 e. The van der Waals surface area contributed by atoms with Crippen LogP contribution in [0.3, 0.4) is 0 Å². The van der Waals surface area contributed by atoms with Gasteiger partial charge in [0.1, 0.15) is 11.6 Å². The lowest BCUT2D eigenvalue weighted by molar-refractivity contribution is -0.132. The van der Waals surface area contributed by atoms with Crippen molar-refractivity contribution in [2.24, 2.45) is 5.92 Å². The third-order valence-corrected chi connectivity index (χ3v) is 5.74. The van der Waals surface area contributed by atoms with Crippen molar-refractivity contribution in [2.45, 2.75) is 39.7 Å². The normalized spacial score (nSPS) is 16.9. The smallest absolute Gasteiger partial charge is 0.225 e. The number of rotatable bonds is 6. The molecule has 29 heavy (non-hydrogen) atoms. The zero-order valence-corrected chi connectivity index (χ0v) is 17.6. The van der Waals surface area contributed by atoms with Gasteiger partial charge in [-0.15, -0.1) is 0 Å². The Kier molecular flexibility index (Phi) is 5.81. The molecule has 1 amide bonds. The predicted molar refractivity (Wildman–Crippen MR) is 113 cm³/mol. The van der Waals surface area contributed by atoms with Gasteiger partial charge in [-0.1, -0.05) is 29.8 Å². The van der Waals surface area contributed by atoms with Crippen LogP contribution in [-0.2, 0) is 22.6 Å². The molecule has 2 aliphatic rings. The average Bonchev–Trinajstić information content (AvgIpc) is 3.55. The third kappa shape index (κ3) is 4.58. The van der Waals surface area contributed by atoms with Gasteiger partial charge < -0.3 is 14.5 Å². The van der Waals surface area contributed by atoms with Crippen molar-refractivity contribution in [3.8, 4) is 0 Å². The van der Waals surface area contributed by atoms with Gasteiger partial charge in [-0.25, -0.2) is 9.97 Å². The Morgan fingerprint density at radius 3 is 2.55 bits per heavy atom. The molecule has 1 aliphatic heterocycles. The monoisotopic (exact) mass is 394 g/mol. The van der Waals surface area contributed by atoms with Gasteiger partial charge >= 0.3 is 0 Å². The van der Waals surface area contributed by atoms with Crippen LogP contribution in [0, 0.1) is 19.8 Å². The number of aryl methyl sites for hydroxylation is 2. The molecule has 2 fully saturated rings. The zero-order valence-electron chi connectivity index (χ0n) is 17.6. The van der Waals surface area contributed by atoms with Crippen LogP contribution in [0.4, 0.5) is 5.82 Å². The fourth-order valence-corrected chi connectivity index (χ4v) is 4.09. The van der Waals surface area contributed by atoms with Gasteiger partial charge in [-0.2, -0.15) is 0 Å². The van der Waals surface area contributed by atoms with Crippen molar-refractivity contribution in [3.63, 3.8) is 0 Å². The first-order valence-electron chi connectivity index (χ1n) is 10.5. The summed E-state index contributed by atoms with van der Waals surface area (Å²) < 4.78 is 5.45. The van der Waals surface area contributed by atoms with Crippen LogP contribution in [0.25, 0.3) is 0 Å². The first-order chi connectivity index (χ1) is 14.0. The van der Waals surface area contributed by atoms with Gasteiger partial charge in [0, 0.05) is 51.2 Å². The Balaban J connectivity index is 1.60. The second-order valence-corrected chi connectivity index (χ2v) is 8.21. The summed E-state index contributed by atoms with van der Waals surface area (Å²) in [5, 5.41) is 0. The second kappa shape index (κ2) is 8.49. The molecule has 4 rings (SSSR count). The Labute approximate surface area is 172 Å². The molecular formula is C23H30N4O2. The van der Waals surface area contributed by atoms with E-state index >= 15 is 0 Å². The number of ether oxygens (including phenoxy) is 1. The number of benzene rings is 1. The average molecular weight is 395 g/mol. The number of carbonyl (C=O) groups excluding carboxylic acids is 1. The van der Waals surface area contributed by atoms with E-state index < -0.39 is 0 Å². The van der Waals surface area contributed by atoms with Crippen LogP contribution in [0.1, 0.15) is 41.1 Å². The second-order valence-electron chi connectivity index (χ2n) is 8.21. The maximum absolute atomic E-state index is 12.4. The first-order valence-corrected chi connectivity index (χ1v) is 10.5. The lowest BCUT2D eigenvalue weighted by atomic mass is 10.0. The number of anilines is 1. The molecule has 1 saturated heterocycles. The molecular weight excluding hydrogens is 364 g/mol. The maximum atomic E-state index is 12.4. The number of hydrogen-bond donors (Lipinski definition) is 0. The lowest BCUT2D eigenvalue weighted by Gasteiger charge is -2.36. The number of aromatic nitrogens is 2. The summed E-state index contributed by atoms with van der Waals surface area (Å²) in [4.78, 5) is 26.3. The van der Waals surface area contributed by atoms with Crippen molar-refractivity contribution < 1.29 is 9.53 Å². The van der Waals surface area contributed by atoms with Gasteiger partial charge in [0.2, 0.25) is 5.91 Å². The highest BCUT2D eigenvalue weighted by molar-refractivity contribution is 5.81. The van der Waals surface area contributed by atoms with E-state index in [1.807, 2.05) is 11.8 Å². The molecule has 6 heteroatoms. The standard InChI is InChI=1S/C23H30N4O2/c1-16-5-4-6-18(13-16)14-20-21(15-29-3)24-17(2)25-22(20)26-9-11-27(12-10-26)23(28)19-7-8-19/h4-6,13,19H,7-12,14-15H2,1-3H3. The zero-order chi connectivity index (χ0) is 20.4. The first kappa shape index (κ1) is 19.8. The van der Waals surface area contributed by atoms with Crippen LogP contribution in [0.15, 0.2) is 24.3 Å². The van der Waals surface area contributed by atoms with Crippen LogP contribution in [0.5, 0.6) is 0 Å². The highest BCUT2D eigenvalue weighted by atomic mass is 16.5. The molecule has 1 aromatic carbocycles. The minimum Gasteiger partial charge on any atom is -0.378 e. The number of piperazine rings is 1. The molecule has 0 bridgehead atoms. The van der Waals surface area contributed by atoms with E-state index in [9.17, 15) is 4.79 Å². The molecule has 1 aliphatic carbocycles. The van der Waals surface area contributed by atoms with E-state index in [0.717, 1.165) is 68.3 Å². The Bertz CT molecular complexity index is 886. The molecule has 2 aromatic rings. The minimum atomic E-state index is 0.285. The molecule has 2 heterocycles. The van der Waals surface area contributed by atoms with Gasteiger partial charge in [0.05, 0.1) is 12.3 Å². The van der Waals surface area contributed by atoms with E-state index in [4.69, 9.17) is 9.72 Å². The Morgan fingerprint density at radius 2 is 1.90 bits per heavy atom. The highest BCUT2D eigenvalue weighted by Gasteiger charge is 2.35. The Hall–Kier alpha value is -2.47. The molecule has 0 atom stereocenters. The van der Waals surface area contributed by atoms with Gasteiger partial charge in [0.25, 0.3) is 0 Å². The van der Waals surface area contributed by atoms with Crippen molar-refractivity contribution in [1.82, 2.24) is 14.9 Å². The quantitative estimate of drug-likeness (QED) is 0.754. The summed E-state index contributed by atoms with van der Waals surface area (Å²) in [6, 6.07) is 8.58. The van der Waals surface area contributed by atoms with E-state index in [2.05, 4.69) is 41.1 Å². The van der Waals surface area contributed by atoms with Crippen molar-refractivity contribution >= 4 is 11.7 Å². The number of nitrogens with zero attached hydrogens (tertiary/aromatic N) is 4. The largest absolute Gasteiger partial charge is 0.378 e. The van der Waals surface area contributed by atoms with Gasteiger partial charge in [-0.3, -0.25) is 4.79 Å². The predicted octanol–water partition coefficient (Wildman–Crippen LogP) is 2.89. The van der Waals surface area contributed by atoms with E-state index in [0.29, 0.717) is 12.5 Å². The Morgan fingerprint density at radius 1 is 1.14 bits per heavy atom. The van der Waals surface area contributed by atoms with E-state index in [1.54, 1.807) is 7.11 Å². The molecule has 154 valence electrons. The molecule has 1 aromatic heterocycles.